The van der Waals surface area contributed by atoms with E-state index in [-0.39, 0.29) is 12.0 Å². The minimum atomic E-state index is -0.153. The van der Waals surface area contributed by atoms with Crippen molar-refractivity contribution in [3.05, 3.63) is 0 Å². The summed E-state index contributed by atoms with van der Waals surface area (Å²) in [5.41, 5.74) is 0. The average molecular weight is 158 g/mol. The van der Waals surface area contributed by atoms with E-state index in [0.29, 0.717) is 6.54 Å². The third-order valence-corrected chi connectivity index (χ3v) is 1.98. The number of likely N-dealkylation sites (N-methyl/N-ethyl adjacent to an activating group) is 1. The Morgan fingerprint density at radius 3 is 3.00 bits per heavy atom. The first kappa shape index (κ1) is 8.49. The van der Waals surface area contributed by atoms with Crippen LogP contribution in [-0.4, -0.2) is 50.7 Å². The smallest absolute Gasteiger partial charge is 0.324 e. The fourth-order valence-corrected chi connectivity index (χ4v) is 1.21. The number of rotatable bonds is 1. The van der Waals surface area contributed by atoms with E-state index in [1.165, 1.54) is 7.11 Å². The zero-order chi connectivity index (χ0) is 8.27. The fourth-order valence-electron chi connectivity index (χ4n) is 1.21. The SMILES string of the molecule is COC(=O)[C@H]1CNCCN1C. The highest BCUT2D eigenvalue weighted by atomic mass is 16.5. The maximum atomic E-state index is 11.1. The molecule has 1 atom stereocenters. The molecule has 1 heterocycles. The van der Waals surface area contributed by atoms with Crippen molar-refractivity contribution in [2.24, 2.45) is 0 Å². The van der Waals surface area contributed by atoms with E-state index < -0.39 is 0 Å². The maximum absolute atomic E-state index is 11.1. The van der Waals surface area contributed by atoms with Crippen LogP contribution in [0.4, 0.5) is 0 Å². The van der Waals surface area contributed by atoms with E-state index in [4.69, 9.17) is 0 Å². The molecule has 1 aliphatic heterocycles. The van der Waals surface area contributed by atoms with Crippen LogP contribution in [0.2, 0.25) is 0 Å². The number of ether oxygens (including phenoxy) is 1. The largest absolute Gasteiger partial charge is 0.468 e. The summed E-state index contributed by atoms with van der Waals surface area (Å²) in [6.07, 6.45) is 0. The van der Waals surface area contributed by atoms with Crippen LogP contribution in [0.1, 0.15) is 0 Å². The lowest BCUT2D eigenvalue weighted by molar-refractivity contribution is -0.146. The van der Waals surface area contributed by atoms with Crippen molar-refractivity contribution < 1.29 is 9.53 Å². The molecule has 0 aromatic rings. The first-order chi connectivity index (χ1) is 5.25. The molecule has 4 nitrogen and oxygen atoms in total. The van der Waals surface area contributed by atoms with Crippen LogP contribution >= 0.6 is 0 Å². The standard InChI is InChI=1S/C7H14N2O2/c1-9-4-3-8-5-6(9)7(10)11-2/h6,8H,3-5H2,1-2H3/t6-/m1/s1. The number of piperazine rings is 1. The molecule has 1 rings (SSSR count). The molecule has 4 heteroatoms. The number of methoxy groups -OCH3 is 1. The molecule has 0 aliphatic carbocycles. The molecule has 0 unspecified atom stereocenters. The Bertz CT molecular complexity index is 149. The maximum Gasteiger partial charge on any atom is 0.324 e. The molecule has 1 saturated heterocycles. The summed E-state index contributed by atoms with van der Waals surface area (Å²) >= 11 is 0. The van der Waals surface area contributed by atoms with Crippen LogP contribution in [0.25, 0.3) is 0 Å². The minimum absolute atomic E-state index is 0.103. The predicted octanol–water partition coefficient (Wildman–Crippen LogP) is -0.937. The lowest BCUT2D eigenvalue weighted by atomic mass is 10.2. The molecule has 11 heavy (non-hydrogen) atoms. The van der Waals surface area contributed by atoms with E-state index in [9.17, 15) is 4.79 Å². The van der Waals surface area contributed by atoms with E-state index >= 15 is 0 Å². The number of carbonyl (C=O) groups is 1. The molecule has 0 saturated carbocycles. The van der Waals surface area contributed by atoms with E-state index in [0.717, 1.165) is 13.1 Å². The van der Waals surface area contributed by atoms with Gasteiger partial charge in [-0.25, -0.2) is 0 Å². The van der Waals surface area contributed by atoms with Gasteiger partial charge >= 0.3 is 5.97 Å². The monoisotopic (exact) mass is 158 g/mol. The van der Waals surface area contributed by atoms with Gasteiger partial charge in [0.05, 0.1) is 7.11 Å². The summed E-state index contributed by atoms with van der Waals surface area (Å²) in [6, 6.07) is -0.103. The predicted molar refractivity (Wildman–Crippen MR) is 41.3 cm³/mol. The zero-order valence-electron chi connectivity index (χ0n) is 6.96. The highest BCUT2D eigenvalue weighted by molar-refractivity contribution is 5.76. The van der Waals surface area contributed by atoms with Gasteiger partial charge < -0.3 is 10.1 Å². The summed E-state index contributed by atoms with van der Waals surface area (Å²) in [5.74, 6) is -0.153. The number of carbonyl (C=O) groups excluding carboxylic acids is 1. The molecule has 0 aromatic carbocycles. The van der Waals surface area contributed by atoms with Crippen LogP contribution in [-0.2, 0) is 9.53 Å². The van der Waals surface area contributed by atoms with Gasteiger partial charge in [-0.3, -0.25) is 9.69 Å². The molecule has 0 amide bonds. The van der Waals surface area contributed by atoms with Crippen LogP contribution in [0, 0.1) is 0 Å². The quantitative estimate of drug-likeness (QED) is 0.500. The van der Waals surface area contributed by atoms with Gasteiger partial charge in [-0.2, -0.15) is 0 Å². The van der Waals surface area contributed by atoms with E-state index in [1.54, 1.807) is 0 Å². The van der Waals surface area contributed by atoms with Gasteiger partial charge in [0.2, 0.25) is 0 Å². The summed E-state index contributed by atoms with van der Waals surface area (Å²) < 4.78 is 4.64. The Morgan fingerprint density at radius 1 is 1.73 bits per heavy atom. The Morgan fingerprint density at radius 2 is 2.45 bits per heavy atom. The van der Waals surface area contributed by atoms with Gasteiger partial charge in [-0.05, 0) is 7.05 Å². The van der Waals surface area contributed by atoms with Crippen molar-refractivity contribution in [1.29, 1.82) is 0 Å². The van der Waals surface area contributed by atoms with Gasteiger partial charge in [0.1, 0.15) is 6.04 Å². The lowest BCUT2D eigenvalue weighted by Gasteiger charge is -2.30. The number of esters is 1. The van der Waals surface area contributed by atoms with Crippen LogP contribution in [0.15, 0.2) is 0 Å². The molecule has 0 spiro atoms. The Kier molecular flexibility index (Phi) is 2.84. The molecule has 0 bridgehead atoms. The second kappa shape index (κ2) is 3.69. The second-order valence-electron chi connectivity index (χ2n) is 2.72. The normalized spacial score (nSPS) is 26.5. The van der Waals surface area contributed by atoms with Crippen molar-refractivity contribution in [1.82, 2.24) is 10.2 Å². The molecule has 64 valence electrons. The highest BCUT2D eigenvalue weighted by Gasteiger charge is 2.25. The molecule has 1 fully saturated rings. The van der Waals surface area contributed by atoms with Crippen LogP contribution in [0.5, 0.6) is 0 Å². The summed E-state index contributed by atoms with van der Waals surface area (Å²) in [4.78, 5) is 13.1. The molecular weight excluding hydrogens is 144 g/mol. The van der Waals surface area contributed by atoms with Gasteiger partial charge in [0, 0.05) is 19.6 Å². The first-order valence-electron chi connectivity index (χ1n) is 3.74. The summed E-state index contributed by atoms with van der Waals surface area (Å²) in [7, 11) is 3.35. The zero-order valence-corrected chi connectivity index (χ0v) is 6.96. The second-order valence-corrected chi connectivity index (χ2v) is 2.72. The number of nitrogens with one attached hydrogen (secondary N) is 1. The number of hydrogen-bond acceptors (Lipinski definition) is 4. The van der Waals surface area contributed by atoms with Crippen LogP contribution in [0.3, 0.4) is 0 Å². The van der Waals surface area contributed by atoms with Gasteiger partial charge in [-0.15, -0.1) is 0 Å². The third-order valence-electron chi connectivity index (χ3n) is 1.98. The number of nitrogens with zero attached hydrogens (tertiary/aromatic N) is 1. The fraction of sp³-hybridized carbons (Fsp3) is 0.857. The average Bonchev–Trinajstić information content (AvgIpc) is 2.04. The highest BCUT2D eigenvalue weighted by Crippen LogP contribution is 2.00. The van der Waals surface area contributed by atoms with E-state index in [1.807, 2.05) is 11.9 Å². The van der Waals surface area contributed by atoms with Gasteiger partial charge in [0.25, 0.3) is 0 Å². The first-order valence-corrected chi connectivity index (χ1v) is 3.74. The third kappa shape index (κ3) is 1.91. The lowest BCUT2D eigenvalue weighted by Crippen LogP contribution is -2.53. The molecule has 0 aromatic heterocycles. The van der Waals surface area contributed by atoms with Crippen molar-refractivity contribution in [3.8, 4) is 0 Å². The molecular formula is C7H14N2O2. The Labute approximate surface area is 66.5 Å². The van der Waals surface area contributed by atoms with Crippen LogP contribution < -0.4 is 5.32 Å². The molecule has 1 N–H and O–H groups in total. The topological polar surface area (TPSA) is 41.6 Å². The van der Waals surface area contributed by atoms with Gasteiger partial charge in [-0.1, -0.05) is 0 Å². The van der Waals surface area contributed by atoms with Crippen molar-refractivity contribution >= 4 is 5.97 Å². The Hall–Kier alpha value is -0.610. The van der Waals surface area contributed by atoms with Crippen molar-refractivity contribution in [2.75, 3.05) is 33.8 Å². The van der Waals surface area contributed by atoms with E-state index in [2.05, 4.69) is 10.1 Å². The number of hydrogen-bond donors (Lipinski definition) is 1. The van der Waals surface area contributed by atoms with Crippen molar-refractivity contribution in [3.63, 3.8) is 0 Å². The Balaban J connectivity index is 2.47. The molecule has 1 aliphatic rings. The summed E-state index contributed by atoms with van der Waals surface area (Å²) in [5, 5.41) is 3.14. The minimum Gasteiger partial charge on any atom is -0.468 e. The molecule has 0 radical (unpaired) electrons. The summed E-state index contributed by atoms with van der Waals surface area (Å²) in [6.45, 7) is 2.55. The van der Waals surface area contributed by atoms with Gasteiger partial charge in [0.15, 0.2) is 0 Å². The van der Waals surface area contributed by atoms with Crippen molar-refractivity contribution in [2.45, 2.75) is 6.04 Å².